The van der Waals surface area contributed by atoms with Crippen LogP contribution in [0, 0.1) is 5.82 Å². The highest BCUT2D eigenvalue weighted by molar-refractivity contribution is 5.99. The summed E-state index contributed by atoms with van der Waals surface area (Å²) in [7, 11) is 0. The van der Waals surface area contributed by atoms with Gasteiger partial charge in [-0.05, 0) is 37.0 Å². The maximum atomic E-state index is 13.0. The molecule has 2 aliphatic rings. The number of nitrogens with zero attached hydrogens (tertiary/aromatic N) is 3. The van der Waals surface area contributed by atoms with Gasteiger partial charge in [-0.15, -0.1) is 0 Å². The average Bonchev–Trinajstić information content (AvgIpc) is 2.70. The lowest BCUT2D eigenvalue weighted by molar-refractivity contribution is -0.0621. The molecule has 0 unspecified atom stereocenters. The Hall–Kier alpha value is -3.00. The van der Waals surface area contributed by atoms with E-state index in [9.17, 15) is 23.9 Å². The van der Waals surface area contributed by atoms with E-state index in [0.29, 0.717) is 26.2 Å². The van der Waals surface area contributed by atoms with Gasteiger partial charge in [0.25, 0.3) is 5.91 Å². The summed E-state index contributed by atoms with van der Waals surface area (Å²) in [5.41, 5.74) is -0.259. The summed E-state index contributed by atoms with van der Waals surface area (Å²) in [5.74, 6) is -1.88. The fraction of sp³-hybridized carbons (Fsp3) is 0.350. The summed E-state index contributed by atoms with van der Waals surface area (Å²) in [6.07, 6.45) is 3.58. The van der Waals surface area contributed by atoms with Crippen LogP contribution in [0.15, 0.2) is 35.3 Å². The molecule has 0 bridgehead atoms. The lowest BCUT2D eigenvalue weighted by Gasteiger charge is -2.43. The lowest BCUT2D eigenvalue weighted by Crippen LogP contribution is -2.55. The molecule has 1 N–H and O–H groups in total. The number of ketones is 1. The highest BCUT2D eigenvalue weighted by Gasteiger charge is 2.36. The summed E-state index contributed by atoms with van der Waals surface area (Å²) >= 11 is 0. The molecule has 0 aliphatic carbocycles. The largest absolute Gasteiger partial charge is 0.503 e. The van der Waals surface area contributed by atoms with Crippen molar-refractivity contribution in [3.8, 4) is 5.75 Å². The SMILES string of the molecule is O=C(CCc1ccc(F)cc1)c1cn2c(c(O)c1=O)C(=O)N1CCCCN1C2. The molecule has 0 saturated carbocycles. The second-order valence-corrected chi connectivity index (χ2v) is 7.10. The third-order valence-corrected chi connectivity index (χ3v) is 5.24. The van der Waals surface area contributed by atoms with E-state index in [1.807, 2.05) is 5.01 Å². The van der Waals surface area contributed by atoms with Gasteiger partial charge in [0.15, 0.2) is 17.2 Å². The minimum atomic E-state index is -0.825. The normalized spacial score (nSPS) is 16.6. The molecule has 2 aliphatic heterocycles. The van der Waals surface area contributed by atoms with Crippen LogP contribution in [0.5, 0.6) is 5.75 Å². The Balaban J connectivity index is 1.61. The molecule has 3 heterocycles. The van der Waals surface area contributed by atoms with Gasteiger partial charge in [-0.1, -0.05) is 12.1 Å². The number of halogens is 1. The molecular formula is C20H20FN3O4. The van der Waals surface area contributed by atoms with Crippen molar-refractivity contribution in [3.05, 3.63) is 63.3 Å². The molecule has 1 amide bonds. The van der Waals surface area contributed by atoms with Gasteiger partial charge in [0.1, 0.15) is 5.82 Å². The third kappa shape index (κ3) is 3.20. The first-order valence-electron chi connectivity index (χ1n) is 9.26. The zero-order valence-electron chi connectivity index (χ0n) is 15.2. The minimum absolute atomic E-state index is 0.0451. The quantitative estimate of drug-likeness (QED) is 0.814. The van der Waals surface area contributed by atoms with Crippen LogP contribution >= 0.6 is 0 Å². The van der Waals surface area contributed by atoms with Crippen molar-refractivity contribution >= 4 is 11.7 Å². The number of aromatic nitrogens is 1. The molecular weight excluding hydrogens is 365 g/mol. The predicted molar refractivity (Wildman–Crippen MR) is 98.4 cm³/mol. The number of aryl methyl sites for hydroxylation is 1. The summed E-state index contributed by atoms with van der Waals surface area (Å²) in [4.78, 5) is 37.8. The zero-order chi connectivity index (χ0) is 19.8. The van der Waals surface area contributed by atoms with Gasteiger partial charge in [0.2, 0.25) is 5.43 Å². The van der Waals surface area contributed by atoms with E-state index in [2.05, 4.69) is 0 Å². The van der Waals surface area contributed by atoms with Crippen molar-refractivity contribution in [2.45, 2.75) is 32.4 Å². The van der Waals surface area contributed by atoms with Crippen LogP contribution in [0.1, 0.15) is 45.7 Å². The van der Waals surface area contributed by atoms with E-state index in [1.165, 1.54) is 22.9 Å². The Labute approximate surface area is 160 Å². The first-order valence-corrected chi connectivity index (χ1v) is 9.26. The fourth-order valence-electron chi connectivity index (χ4n) is 3.72. The third-order valence-electron chi connectivity index (χ3n) is 5.24. The number of hydrogen-bond donors (Lipinski definition) is 1. The van der Waals surface area contributed by atoms with Crippen molar-refractivity contribution in [1.29, 1.82) is 0 Å². The minimum Gasteiger partial charge on any atom is -0.503 e. The van der Waals surface area contributed by atoms with Gasteiger partial charge in [-0.2, -0.15) is 5.01 Å². The molecule has 4 rings (SSSR count). The fourth-order valence-corrected chi connectivity index (χ4v) is 3.72. The van der Waals surface area contributed by atoms with Gasteiger partial charge in [0.05, 0.1) is 12.2 Å². The van der Waals surface area contributed by atoms with Gasteiger partial charge >= 0.3 is 0 Å². The van der Waals surface area contributed by atoms with Crippen LogP contribution in [0.2, 0.25) is 0 Å². The van der Waals surface area contributed by atoms with Crippen molar-refractivity contribution in [2.24, 2.45) is 0 Å². The Morgan fingerprint density at radius 3 is 2.57 bits per heavy atom. The number of carbonyl (C=O) groups excluding carboxylic acids is 2. The molecule has 2 aromatic rings. The number of rotatable bonds is 4. The van der Waals surface area contributed by atoms with Crippen LogP contribution in [0.4, 0.5) is 4.39 Å². The van der Waals surface area contributed by atoms with Crippen LogP contribution in [0.25, 0.3) is 0 Å². The van der Waals surface area contributed by atoms with Gasteiger partial charge < -0.3 is 9.67 Å². The molecule has 0 atom stereocenters. The average molecular weight is 385 g/mol. The molecule has 146 valence electrons. The molecule has 0 radical (unpaired) electrons. The topological polar surface area (TPSA) is 82.8 Å². The van der Waals surface area contributed by atoms with Crippen molar-refractivity contribution < 1.29 is 19.1 Å². The van der Waals surface area contributed by atoms with Crippen LogP contribution in [0.3, 0.4) is 0 Å². The molecule has 7 nitrogen and oxygen atoms in total. The van der Waals surface area contributed by atoms with E-state index in [4.69, 9.17) is 0 Å². The molecule has 1 saturated heterocycles. The molecule has 0 spiro atoms. The standard InChI is InChI=1S/C20H20FN3O4/c21-14-6-3-13(4-7-14)5-8-16(25)15-11-22-12-23-9-1-2-10-24(23)20(28)17(22)19(27)18(15)26/h3-4,6-7,11,27H,1-2,5,8-10,12H2. The number of pyridine rings is 1. The predicted octanol–water partition coefficient (Wildman–Crippen LogP) is 1.93. The molecule has 1 aromatic carbocycles. The number of amides is 1. The highest BCUT2D eigenvalue weighted by atomic mass is 19.1. The first-order chi connectivity index (χ1) is 13.5. The number of carbonyl (C=O) groups is 2. The lowest BCUT2D eigenvalue weighted by atomic mass is 10.0. The first kappa shape index (κ1) is 18.4. The highest BCUT2D eigenvalue weighted by Crippen LogP contribution is 2.26. The Kier molecular flexibility index (Phi) is 4.72. The second kappa shape index (κ2) is 7.20. The number of aromatic hydroxyl groups is 1. The molecule has 1 aromatic heterocycles. The number of hydrogen-bond acceptors (Lipinski definition) is 5. The Bertz CT molecular complexity index is 1000. The smallest absolute Gasteiger partial charge is 0.288 e. The van der Waals surface area contributed by atoms with Crippen LogP contribution in [-0.4, -0.2) is 44.5 Å². The van der Waals surface area contributed by atoms with E-state index >= 15 is 0 Å². The monoisotopic (exact) mass is 385 g/mol. The van der Waals surface area contributed by atoms with E-state index < -0.39 is 22.9 Å². The van der Waals surface area contributed by atoms with E-state index in [0.717, 1.165) is 18.4 Å². The summed E-state index contributed by atoms with van der Waals surface area (Å²) < 4.78 is 14.5. The maximum Gasteiger partial charge on any atom is 0.288 e. The van der Waals surface area contributed by atoms with Crippen molar-refractivity contribution in [1.82, 2.24) is 14.6 Å². The van der Waals surface area contributed by atoms with E-state index in [-0.39, 0.29) is 23.5 Å². The maximum absolute atomic E-state index is 13.0. The Morgan fingerprint density at radius 1 is 1.11 bits per heavy atom. The molecule has 8 heteroatoms. The van der Waals surface area contributed by atoms with Gasteiger partial charge in [-0.25, -0.2) is 4.39 Å². The van der Waals surface area contributed by atoms with Crippen molar-refractivity contribution in [2.75, 3.05) is 13.1 Å². The number of hydrazine groups is 1. The molecule has 1 fully saturated rings. The van der Waals surface area contributed by atoms with Gasteiger partial charge in [-0.3, -0.25) is 19.4 Å². The van der Waals surface area contributed by atoms with Gasteiger partial charge in [0, 0.05) is 25.7 Å². The zero-order valence-corrected chi connectivity index (χ0v) is 15.2. The number of benzene rings is 1. The summed E-state index contributed by atoms with van der Waals surface area (Å²) in [6, 6.07) is 5.80. The number of Topliss-reactive ketones (excluding diaryl/α,β-unsaturated/α-hetero) is 1. The van der Waals surface area contributed by atoms with Crippen molar-refractivity contribution in [3.63, 3.8) is 0 Å². The van der Waals surface area contributed by atoms with E-state index in [1.54, 1.807) is 17.1 Å². The molecule has 28 heavy (non-hydrogen) atoms. The van der Waals surface area contributed by atoms with Crippen LogP contribution in [-0.2, 0) is 13.1 Å². The second-order valence-electron chi connectivity index (χ2n) is 7.10. The summed E-state index contributed by atoms with van der Waals surface area (Å²) in [6.45, 7) is 1.55. The summed E-state index contributed by atoms with van der Waals surface area (Å²) in [5, 5.41) is 13.8. The van der Waals surface area contributed by atoms with Crippen LogP contribution < -0.4 is 5.43 Å². The number of fused-ring (bicyclic) bond motifs is 2. The Morgan fingerprint density at radius 2 is 1.82 bits per heavy atom.